The van der Waals surface area contributed by atoms with Gasteiger partial charge in [-0.25, -0.2) is 4.79 Å². The minimum Gasteiger partial charge on any atom is -0.464 e. The maximum atomic E-state index is 12.3. The summed E-state index contributed by atoms with van der Waals surface area (Å²) >= 11 is 0. The van der Waals surface area contributed by atoms with Crippen LogP contribution in [0.2, 0.25) is 0 Å². The number of ether oxygens (including phenoxy) is 1. The van der Waals surface area contributed by atoms with Gasteiger partial charge in [-0.3, -0.25) is 9.79 Å². The van der Waals surface area contributed by atoms with E-state index in [4.69, 9.17) is 16.2 Å². The molecule has 7 nitrogen and oxygen atoms in total. The van der Waals surface area contributed by atoms with Gasteiger partial charge in [0.15, 0.2) is 5.96 Å². The summed E-state index contributed by atoms with van der Waals surface area (Å²) in [5.41, 5.74) is 10.5. The van der Waals surface area contributed by atoms with Crippen LogP contribution in [0.5, 0.6) is 0 Å². The van der Waals surface area contributed by atoms with Crippen molar-refractivity contribution in [3.63, 3.8) is 0 Å². The van der Waals surface area contributed by atoms with Crippen LogP contribution in [-0.2, 0) is 14.3 Å². The fourth-order valence-corrected chi connectivity index (χ4v) is 2.65. The topological polar surface area (TPSA) is 120 Å². The van der Waals surface area contributed by atoms with Gasteiger partial charge in [0.1, 0.15) is 6.04 Å². The molecule has 0 aliphatic heterocycles. The molecule has 0 saturated heterocycles. The number of aliphatic imine (C=N–C) groups is 1. The maximum absolute atomic E-state index is 12.3. The third-order valence-electron chi connectivity index (χ3n) is 3.81. The van der Waals surface area contributed by atoms with E-state index in [1.165, 1.54) is 6.42 Å². The van der Waals surface area contributed by atoms with Gasteiger partial charge in [-0.1, -0.05) is 19.3 Å². The number of rotatable bonds is 8. The number of nitrogens with zero attached hydrogens (tertiary/aromatic N) is 1. The monoisotopic (exact) mass is 312 g/mol. The molecule has 126 valence electrons. The van der Waals surface area contributed by atoms with Gasteiger partial charge in [0, 0.05) is 12.5 Å². The Morgan fingerprint density at radius 1 is 1.27 bits per heavy atom. The maximum Gasteiger partial charge on any atom is 0.328 e. The standard InChI is InChI=1S/C15H28N4O3/c1-2-22-14(21)12(9-6-10-18-15(16)17)19-13(20)11-7-4-3-5-8-11/h11-12H,2-10H2,1H3,(H,19,20)(H4,16,17,18). The molecule has 0 aromatic carbocycles. The fourth-order valence-electron chi connectivity index (χ4n) is 2.65. The van der Waals surface area contributed by atoms with Gasteiger partial charge >= 0.3 is 5.97 Å². The van der Waals surface area contributed by atoms with Crippen LogP contribution in [-0.4, -0.2) is 37.0 Å². The highest BCUT2D eigenvalue weighted by atomic mass is 16.5. The Bertz CT molecular complexity index is 388. The van der Waals surface area contributed by atoms with E-state index in [-0.39, 0.29) is 17.8 Å². The second-order valence-electron chi connectivity index (χ2n) is 5.60. The van der Waals surface area contributed by atoms with E-state index in [0.717, 1.165) is 25.7 Å². The first-order chi connectivity index (χ1) is 10.5. The van der Waals surface area contributed by atoms with Crippen molar-refractivity contribution in [1.82, 2.24) is 5.32 Å². The Hall–Kier alpha value is -1.79. The van der Waals surface area contributed by atoms with Crippen LogP contribution in [0, 0.1) is 5.92 Å². The summed E-state index contributed by atoms with van der Waals surface area (Å²) in [7, 11) is 0. The summed E-state index contributed by atoms with van der Waals surface area (Å²) in [6, 6.07) is -0.622. The van der Waals surface area contributed by atoms with E-state index in [2.05, 4.69) is 10.3 Å². The van der Waals surface area contributed by atoms with Gasteiger partial charge < -0.3 is 21.5 Å². The summed E-state index contributed by atoms with van der Waals surface area (Å²) < 4.78 is 5.03. The molecule has 1 aliphatic carbocycles. The number of carbonyl (C=O) groups is 2. The van der Waals surface area contributed by atoms with Crippen molar-refractivity contribution >= 4 is 17.8 Å². The van der Waals surface area contributed by atoms with Crippen LogP contribution in [0.15, 0.2) is 4.99 Å². The molecule has 1 atom stereocenters. The Balaban J connectivity index is 2.50. The molecule has 5 N–H and O–H groups in total. The van der Waals surface area contributed by atoms with E-state index in [9.17, 15) is 9.59 Å². The molecule has 1 amide bonds. The Morgan fingerprint density at radius 3 is 2.55 bits per heavy atom. The largest absolute Gasteiger partial charge is 0.464 e. The molecule has 0 aromatic heterocycles. The Labute approximate surface area is 131 Å². The van der Waals surface area contributed by atoms with E-state index in [1.54, 1.807) is 6.92 Å². The van der Waals surface area contributed by atoms with Crippen molar-refractivity contribution in [2.75, 3.05) is 13.2 Å². The second kappa shape index (κ2) is 10.0. The summed E-state index contributed by atoms with van der Waals surface area (Å²) in [4.78, 5) is 28.1. The van der Waals surface area contributed by atoms with Gasteiger partial charge in [0.2, 0.25) is 5.91 Å². The average molecular weight is 312 g/mol. The van der Waals surface area contributed by atoms with Crippen molar-refractivity contribution in [3.8, 4) is 0 Å². The summed E-state index contributed by atoms with van der Waals surface area (Å²) in [6.45, 7) is 2.47. The molecule has 7 heteroatoms. The Morgan fingerprint density at radius 2 is 1.95 bits per heavy atom. The first kappa shape index (κ1) is 18.3. The lowest BCUT2D eigenvalue weighted by Crippen LogP contribution is -2.45. The molecule has 1 rings (SSSR count). The number of nitrogens with two attached hydrogens (primary N) is 2. The van der Waals surface area contributed by atoms with Crippen molar-refractivity contribution < 1.29 is 14.3 Å². The van der Waals surface area contributed by atoms with Gasteiger partial charge in [-0.2, -0.15) is 0 Å². The van der Waals surface area contributed by atoms with Gasteiger partial charge in [0.05, 0.1) is 6.61 Å². The van der Waals surface area contributed by atoms with E-state index in [1.807, 2.05) is 0 Å². The highest BCUT2D eigenvalue weighted by molar-refractivity contribution is 5.85. The van der Waals surface area contributed by atoms with E-state index < -0.39 is 12.0 Å². The molecule has 0 aromatic rings. The first-order valence-corrected chi connectivity index (χ1v) is 8.07. The van der Waals surface area contributed by atoms with Crippen molar-refractivity contribution in [3.05, 3.63) is 0 Å². The van der Waals surface area contributed by atoms with Crippen LogP contribution in [0.4, 0.5) is 0 Å². The summed E-state index contributed by atoms with van der Waals surface area (Å²) in [6.07, 6.45) is 6.20. The van der Waals surface area contributed by atoms with E-state index in [0.29, 0.717) is 26.0 Å². The Kier molecular flexibility index (Phi) is 8.32. The molecule has 0 bridgehead atoms. The quantitative estimate of drug-likeness (QED) is 0.263. The number of carbonyl (C=O) groups excluding carboxylic acids is 2. The molecule has 0 spiro atoms. The zero-order chi connectivity index (χ0) is 16.4. The highest BCUT2D eigenvalue weighted by Gasteiger charge is 2.27. The molecule has 0 radical (unpaired) electrons. The van der Waals surface area contributed by atoms with Crippen LogP contribution >= 0.6 is 0 Å². The fraction of sp³-hybridized carbons (Fsp3) is 0.800. The van der Waals surface area contributed by atoms with Crippen LogP contribution in [0.3, 0.4) is 0 Å². The lowest BCUT2D eigenvalue weighted by Gasteiger charge is -2.24. The second-order valence-corrected chi connectivity index (χ2v) is 5.60. The molecule has 22 heavy (non-hydrogen) atoms. The van der Waals surface area contributed by atoms with Crippen LogP contribution in [0.25, 0.3) is 0 Å². The normalized spacial score (nSPS) is 16.6. The number of nitrogens with one attached hydrogen (secondary N) is 1. The molecule has 1 aliphatic rings. The number of esters is 1. The third-order valence-corrected chi connectivity index (χ3v) is 3.81. The van der Waals surface area contributed by atoms with Crippen molar-refractivity contribution in [1.29, 1.82) is 0 Å². The smallest absolute Gasteiger partial charge is 0.328 e. The van der Waals surface area contributed by atoms with Crippen molar-refractivity contribution in [2.45, 2.75) is 57.9 Å². The summed E-state index contributed by atoms with van der Waals surface area (Å²) in [5, 5.41) is 2.83. The minimum absolute atomic E-state index is 0.0170. The number of hydrogen-bond donors (Lipinski definition) is 3. The number of guanidine groups is 1. The van der Waals surface area contributed by atoms with E-state index >= 15 is 0 Å². The van der Waals surface area contributed by atoms with Crippen LogP contribution in [0.1, 0.15) is 51.9 Å². The number of amides is 1. The zero-order valence-electron chi connectivity index (χ0n) is 13.3. The SMILES string of the molecule is CCOC(=O)C(CCCN=C(N)N)NC(=O)C1CCCCC1. The van der Waals surface area contributed by atoms with Gasteiger partial charge in [-0.15, -0.1) is 0 Å². The molecular formula is C15H28N4O3. The zero-order valence-corrected chi connectivity index (χ0v) is 13.3. The molecule has 0 heterocycles. The summed E-state index contributed by atoms with van der Waals surface area (Å²) in [5.74, 6) is -0.390. The van der Waals surface area contributed by atoms with Crippen molar-refractivity contribution in [2.24, 2.45) is 22.4 Å². The number of hydrogen-bond acceptors (Lipinski definition) is 4. The van der Waals surface area contributed by atoms with Gasteiger partial charge in [0.25, 0.3) is 0 Å². The predicted molar refractivity (Wildman–Crippen MR) is 85.0 cm³/mol. The molecule has 1 fully saturated rings. The van der Waals surface area contributed by atoms with Crippen LogP contribution < -0.4 is 16.8 Å². The predicted octanol–water partition coefficient (Wildman–Crippen LogP) is 0.668. The average Bonchev–Trinajstić information content (AvgIpc) is 2.51. The highest BCUT2D eigenvalue weighted by Crippen LogP contribution is 2.23. The molecule has 1 unspecified atom stereocenters. The molecular weight excluding hydrogens is 284 g/mol. The lowest BCUT2D eigenvalue weighted by molar-refractivity contribution is -0.148. The third kappa shape index (κ3) is 6.78. The minimum atomic E-state index is -0.622. The lowest BCUT2D eigenvalue weighted by atomic mass is 9.88. The van der Waals surface area contributed by atoms with Gasteiger partial charge in [-0.05, 0) is 32.6 Å². The molecule has 1 saturated carbocycles. The first-order valence-electron chi connectivity index (χ1n) is 8.07.